The number of nitrogens with zero attached hydrogens (tertiary/aromatic N) is 1. The Kier molecular flexibility index (Phi) is 5.38. The predicted molar refractivity (Wildman–Crippen MR) is 101 cm³/mol. The summed E-state index contributed by atoms with van der Waals surface area (Å²) in [5.41, 5.74) is 2.79. The summed E-state index contributed by atoms with van der Waals surface area (Å²) in [4.78, 5) is 11.9. The first-order chi connectivity index (χ1) is 12.5. The van der Waals surface area contributed by atoms with E-state index in [4.69, 9.17) is 25.8 Å². The molecule has 0 aliphatic heterocycles. The molecule has 0 bridgehead atoms. The van der Waals surface area contributed by atoms with Gasteiger partial charge in [0.15, 0.2) is 0 Å². The van der Waals surface area contributed by atoms with E-state index in [2.05, 4.69) is 0 Å². The van der Waals surface area contributed by atoms with Gasteiger partial charge in [0.1, 0.15) is 18.1 Å². The summed E-state index contributed by atoms with van der Waals surface area (Å²) < 4.78 is 18.1. The van der Waals surface area contributed by atoms with Gasteiger partial charge in [0.05, 0.1) is 26.3 Å². The molecule has 1 heterocycles. The SMILES string of the molecule is COC(=O)Cc1c(COc2ccc(Cl)cc2)n(C)c2ccc(OC)cc12. The van der Waals surface area contributed by atoms with Crippen molar-refractivity contribution in [3.63, 3.8) is 0 Å². The van der Waals surface area contributed by atoms with Crippen LogP contribution in [0.25, 0.3) is 10.9 Å². The van der Waals surface area contributed by atoms with Gasteiger partial charge in [0, 0.05) is 23.0 Å². The molecule has 0 radical (unpaired) electrons. The molecule has 5 nitrogen and oxygen atoms in total. The third kappa shape index (κ3) is 3.63. The van der Waals surface area contributed by atoms with Gasteiger partial charge in [-0.05, 0) is 48.0 Å². The van der Waals surface area contributed by atoms with Gasteiger partial charge in [0.25, 0.3) is 0 Å². The molecule has 3 aromatic rings. The van der Waals surface area contributed by atoms with E-state index in [0.29, 0.717) is 17.4 Å². The highest BCUT2D eigenvalue weighted by molar-refractivity contribution is 6.30. The summed E-state index contributed by atoms with van der Waals surface area (Å²) in [7, 11) is 4.96. The van der Waals surface area contributed by atoms with Crippen LogP contribution >= 0.6 is 11.6 Å². The van der Waals surface area contributed by atoms with E-state index in [0.717, 1.165) is 27.9 Å². The average molecular weight is 374 g/mol. The second kappa shape index (κ2) is 7.70. The third-order valence-electron chi connectivity index (χ3n) is 4.38. The van der Waals surface area contributed by atoms with E-state index in [1.165, 1.54) is 7.11 Å². The van der Waals surface area contributed by atoms with Gasteiger partial charge in [-0.25, -0.2) is 0 Å². The van der Waals surface area contributed by atoms with Crippen molar-refractivity contribution < 1.29 is 19.0 Å². The van der Waals surface area contributed by atoms with Crippen LogP contribution in [-0.2, 0) is 29.6 Å². The maximum atomic E-state index is 11.9. The Bertz CT molecular complexity index is 931. The van der Waals surface area contributed by atoms with Crippen LogP contribution in [0.15, 0.2) is 42.5 Å². The molecule has 0 spiro atoms. The lowest BCUT2D eigenvalue weighted by atomic mass is 10.1. The first kappa shape index (κ1) is 18.1. The number of carbonyl (C=O) groups is 1. The number of hydrogen-bond acceptors (Lipinski definition) is 4. The predicted octanol–water partition coefficient (Wildman–Crippen LogP) is 4.13. The number of methoxy groups -OCH3 is 2. The minimum atomic E-state index is -0.298. The minimum absolute atomic E-state index is 0.167. The van der Waals surface area contributed by atoms with E-state index in [9.17, 15) is 4.79 Å². The molecule has 2 aromatic carbocycles. The number of aromatic nitrogens is 1. The summed E-state index contributed by atoms with van der Waals surface area (Å²) in [6.07, 6.45) is 0.167. The Hall–Kier alpha value is -2.66. The van der Waals surface area contributed by atoms with Crippen LogP contribution in [-0.4, -0.2) is 24.8 Å². The minimum Gasteiger partial charge on any atom is -0.497 e. The second-order valence-corrected chi connectivity index (χ2v) is 6.30. The number of esters is 1. The fourth-order valence-corrected chi connectivity index (χ4v) is 3.09. The number of carbonyl (C=O) groups excluding carboxylic acids is 1. The van der Waals surface area contributed by atoms with Gasteiger partial charge in [-0.1, -0.05) is 11.6 Å². The Morgan fingerprint density at radius 2 is 1.77 bits per heavy atom. The van der Waals surface area contributed by atoms with Crippen LogP contribution in [0.4, 0.5) is 0 Å². The quantitative estimate of drug-likeness (QED) is 0.609. The molecular weight excluding hydrogens is 354 g/mol. The topological polar surface area (TPSA) is 49.7 Å². The van der Waals surface area contributed by atoms with Gasteiger partial charge in [-0.15, -0.1) is 0 Å². The number of aryl methyl sites for hydroxylation is 1. The molecule has 0 aliphatic carbocycles. The van der Waals surface area contributed by atoms with Crippen molar-refractivity contribution in [2.24, 2.45) is 7.05 Å². The van der Waals surface area contributed by atoms with Gasteiger partial charge in [-0.2, -0.15) is 0 Å². The van der Waals surface area contributed by atoms with Gasteiger partial charge >= 0.3 is 5.97 Å². The highest BCUT2D eigenvalue weighted by Crippen LogP contribution is 2.30. The summed E-state index contributed by atoms with van der Waals surface area (Å²) >= 11 is 5.91. The normalized spacial score (nSPS) is 10.8. The Morgan fingerprint density at radius 1 is 1.08 bits per heavy atom. The fraction of sp³-hybridized carbons (Fsp3) is 0.250. The second-order valence-electron chi connectivity index (χ2n) is 5.86. The van der Waals surface area contributed by atoms with Crippen molar-refractivity contribution in [3.05, 3.63) is 58.7 Å². The molecule has 0 atom stereocenters. The Balaban J connectivity index is 2.01. The van der Waals surface area contributed by atoms with E-state index < -0.39 is 0 Å². The zero-order valence-electron chi connectivity index (χ0n) is 14.9. The molecule has 0 fully saturated rings. The molecule has 26 heavy (non-hydrogen) atoms. The molecule has 0 amide bonds. The molecular formula is C20H20ClNO4. The van der Waals surface area contributed by atoms with Crippen molar-refractivity contribution >= 4 is 28.5 Å². The van der Waals surface area contributed by atoms with E-state index in [1.54, 1.807) is 19.2 Å². The zero-order chi connectivity index (χ0) is 18.7. The molecule has 1 aromatic heterocycles. The Labute approximate surface area is 157 Å². The molecule has 0 N–H and O–H groups in total. The zero-order valence-corrected chi connectivity index (χ0v) is 15.7. The third-order valence-corrected chi connectivity index (χ3v) is 4.63. The Morgan fingerprint density at radius 3 is 2.42 bits per heavy atom. The van der Waals surface area contributed by atoms with Crippen LogP contribution in [0.3, 0.4) is 0 Å². The van der Waals surface area contributed by atoms with Crippen molar-refractivity contribution in [1.29, 1.82) is 0 Å². The number of rotatable bonds is 6. The first-order valence-electron chi connectivity index (χ1n) is 8.13. The molecule has 6 heteroatoms. The largest absolute Gasteiger partial charge is 0.497 e. The van der Waals surface area contributed by atoms with Crippen LogP contribution in [0, 0.1) is 0 Å². The van der Waals surface area contributed by atoms with Crippen molar-refractivity contribution in [1.82, 2.24) is 4.57 Å². The standard InChI is InChI=1S/C20H20ClNO4/c1-22-18-9-8-15(24-2)10-16(18)17(11-20(23)25-3)19(22)12-26-14-6-4-13(21)5-7-14/h4-10H,11-12H2,1-3H3. The lowest BCUT2D eigenvalue weighted by Gasteiger charge is -2.10. The summed E-state index contributed by atoms with van der Waals surface area (Å²) in [5.74, 6) is 1.15. The number of benzene rings is 2. The van der Waals surface area contributed by atoms with Crippen molar-refractivity contribution in [2.45, 2.75) is 13.0 Å². The van der Waals surface area contributed by atoms with Gasteiger partial charge in [-0.3, -0.25) is 4.79 Å². The van der Waals surface area contributed by atoms with Crippen molar-refractivity contribution in [3.8, 4) is 11.5 Å². The summed E-state index contributed by atoms with van der Waals surface area (Å²) in [6.45, 7) is 0.321. The van der Waals surface area contributed by atoms with E-state index in [-0.39, 0.29) is 12.4 Å². The maximum Gasteiger partial charge on any atom is 0.310 e. The van der Waals surface area contributed by atoms with Crippen LogP contribution in [0.1, 0.15) is 11.3 Å². The molecule has 0 unspecified atom stereocenters. The van der Waals surface area contributed by atoms with E-state index in [1.807, 2.05) is 41.9 Å². The van der Waals surface area contributed by atoms with Crippen LogP contribution in [0.2, 0.25) is 5.02 Å². The smallest absolute Gasteiger partial charge is 0.310 e. The maximum absolute atomic E-state index is 11.9. The number of fused-ring (bicyclic) bond motifs is 1. The lowest BCUT2D eigenvalue weighted by molar-refractivity contribution is -0.139. The first-order valence-corrected chi connectivity index (χ1v) is 8.50. The molecule has 0 aliphatic rings. The molecule has 0 saturated carbocycles. The monoisotopic (exact) mass is 373 g/mol. The van der Waals surface area contributed by atoms with Gasteiger partial charge < -0.3 is 18.8 Å². The van der Waals surface area contributed by atoms with E-state index >= 15 is 0 Å². The summed E-state index contributed by atoms with van der Waals surface area (Å²) in [6, 6.07) is 13.0. The van der Waals surface area contributed by atoms with Crippen LogP contribution in [0.5, 0.6) is 11.5 Å². The fourth-order valence-electron chi connectivity index (χ4n) is 2.96. The summed E-state index contributed by atoms with van der Waals surface area (Å²) in [5, 5.41) is 1.60. The van der Waals surface area contributed by atoms with Crippen molar-refractivity contribution in [2.75, 3.05) is 14.2 Å². The number of halogens is 1. The van der Waals surface area contributed by atoms with Crippen LogP contribution < -0.4 is 9.47 Å². The molecule has 3 rings (SSSR count). The molecule has 136 valence electrons. The number of hydrogen-bond donors (Lipinski definition) is 0. The average Bonchev–Trinajstić information content (AvgIpc) is 2.92. The van der Waals surface area contributed by atoms with Gasteiger partial charge in [0.2, 0.25) is 0 Å². The number of ether oxygens (including phenoxy) is 3. The highest BCUT2D eigenvalue weighted by Gasteiger charge is 2.19. The highest BCUT2D eigenvalue weighted by atomic mass is 35.5. The molecule has 0 saturated heterocycles. The lowest BCUT2D eigenvalue weighted by Crippen LogP contribution is -2.09.